The van der Waals surface area contributed by atoms with Crippen molar-refractivity contribution in [2.45, 2.75) is 13.8 Å². The zero-order valence-corrected chi connectivity index (χ0v) is 18.1. The van der Waals surface area contributed by atoms with Crippen molar-refractivity contribution in [3.05, 3.63) is 54.1 Å². The summed E-state index contributed by atoms with van der Waals surface area (Å²) in [5, 5.41) is 3.38. The second kappa shape index (κ2) is 9.93. The normalized spacial score (nSPS) is 10.7. The summed E-state index contributed by atoms with van der Waals surface area (Å²) >= 11 is 0. The second-order valence-corrected chi connectivity index (χ2v) is 7.42. The number of ether oxygens (including phenoxy) is 3. The predicted octanol–water partition coefficient (Wildman–Crippen LogP) is 3.85. The SMILES string of the molecule is COc1ccc(-c2cc(C(=O)OCC(=O)NCC(C)C)c3ccccc3n2)cc1OC. The van der Waals surface area contributed by atoms with E-state index in [-0.39, 0.29) is 12.5 Å². The molecule has 0 radical (unpaired) electrons. The maximum absolute atomic E-state index is 12.8. The summed E-state index contributed by atoms with van der Waals surface area (Å²) < 4.78 is 15.9. The monoisotopic (exact) mass is 422 g/mol. The van der Waals surface area contributed by atoms with Crippen LogP contribution in [0, 0.1) is 5.92 Å². The molecule has 0 spiro atoms. The van der Waals surface area contributed by atoms with E-state index in [1.54, 1.807) is 38.5 Å². The summed E-state index contributed by atoms with van der Waals surface area (Å²) in [6.45, 7) is 4.17. The van der Waals surface area contributed by atoms with Gasteiger partial charge in [0.15, 0.2) is 18.1 Å². The Hall–Kier alpha value is -3.61. The van der Waals surface area contributed by atoms with Crippen LogP contribution in [0.5, 0.6) is 11.5 Å². The molecule has 3 rings (SSSR count). The molecule has 0 aliphatic heterocycles. The highest BCUT2D eigenvalue weighted by atomic mass is 16.5. The number of methoxy groups -OCH3 is 2. The molecule has 0 fully saturated rings. The first-order valence-corrected chi connectivity index (χ1v) is 9.99. The number of amides is 1. The Morgan fingerprint density at radius 2 is 1.74 bits per heavy atom. The lowest BCUT2D eigenvalue weighted by molar-refractivity contribution is -0.124. The van der Waals surface area contributed by atoms with Gasteiger partial charge in [-0.1, -0.05) is 32.0 Å². The molecule has 162 valence electrons. The van der Waals surface area contributed by atoms with Crippen LogP contribution in [0.3, 0.4) is 0 Å². The molecule has 1 heterocycles. The van der Waals surface area contributed by atoms with Gasteiger partial charge in [0.05, 0.1) is 31.0 Å². The van der Waals surface area contributed by atoms with Crippen LogP contribution in [0.1, 0.15) is 24.2 Å². The Morgan fingerprint density at radius 1 is 1.00 bits per heavy atom. The Kier molecular flexibility index (Phi) is 7.07. The summed E-state index contributed by atoms with van der Waals surface area (Å²) in [5.74, 6) is 0.549. The van der Waals surface area contributed by atoms with E-state index in [4.69, 9.17) is 14.2 Å². The first-order chi connectivity index (χ1) is 14.9. The molecule has 3 aromatic rings. The van der Waals surface area contributed by atoms with Gasteiger partial charge in [-0.3, -0.25) is 4.79 Å². The largest absolute Gasteiger partial charge is 0.493 e. The quantitative estimate of drug-likeness (QED) is 0.555. The Labute approximate surface area is 181 Å². The summed E-state index contributed by atoms with van der Waals surface area (Å²) in [5.41, 5.74) is 2.32. The fraction of sp³-hybridized carbons (Fsp3) is 0.292. The number of rotatable bonds is 8. The van der Waals surface area contributed by atoms with E-state index in [1.807, 2.05) is 38.1 Å². The smallest absolute Gasteiger partial charge is 0.339 e. The first-order valence-electron chi connectivity index (χ1n) is 9.99. The molecular formula is C24H26N2O5. The standard InChI is InChI=1S/C24H26N2O5/c1-15(2)13-25-23(27)14-31-24(28)18-12-20(26-19-8-6-5-7-17(18)19)16-9-10-21(29-3)22(11-16)30-4/h5-12,15H,13-14H2,1-4H3,(H,25,27). The summed E-state index contributed by atoms with van der Waals surface area (Å²) in [6, 6.07) is 14.4. The van der Waals surface area contributed by atoms with Crippen molar-refractivity contribution in [3.8, 4) is 22.8 Å². The number of para-hydroxylation sites is 1. The molecule has 1 N–H and O–H groups in total. The van der Waals surface area contributed by atoms with Gasteiger partial charge in [-0.25, -0.2) is 9.78 Å². The zero-order chi connectivity index (χ0) is 22.4. The van der Waals surface area contributed by atoms with Crippen LogP contribution in [0.25, 0.3) is 22.2 Å². The molecule has 0 bridgehead atoms. The molecular weight excluding hydrogens is 396 g/mol. The van der Waals surface area contributed by atoms with Gasteiger partial charge in [0.25, 0.3) is 5.91 Å². The molecule has 0 saturated heterocycles. The molecule has 0 unspecified atom stereocenters. The molecule has 0 aliphatic carbocycles. The molecule has 31 heavy (non-hydrogen) atoms. The summed E-state index contributed by atoms with van der Waals surface area (Å²) in [4.78, 5) is 29.5. The van der Waals surface area contributed by atoms with Crippen LogP contribution >= 0.6 is 0 Å². The molecule has 1 aromatic heterocycles. The van der Waals surface area contributed by atoms with E-state index >= 15 is 0 Å². The molecule has 1 amide bonds. The van der Waals surface area contributed by atoms with Crippen LogP contribution in [0.15, 0.2) is 48.5 Å². The lowest BCUT2D eigenvalue weighted by Crippen LogP contribution is -2.31. The fourth-order valence-electron chi connectivity index (χ4n) is 3.07. The number of hydrogen-bond donors (Lipinski definition) is 1. The van der Waals surface area contributed by atoms with E-state index in [0.717, 1.165) is 5.56 Å². The Morgan fingerprint density at radius 3 is 2.45 bits per heavy atom. The molecule has 0 aliphatic rings. The van der Waals surface area contributed by atoms with Crippen molar-refractivity contribution in [1.29, 1.82) is 0 Å². The number of aromatic nitrogens is 1. The first kappa shape index (κ1) is 22.1. The number of hydrogen-bond acceptors (Lipinski definition) is 6. The number of nitrogens with one attached hydrogen (secondary N) is 1. The van der Waals surface area contributed by atoms with Gasteiger partial charge >= 0.3 is 5.97 Å². The third-order valence-corrected chi connectivity index (χ3v) is 4.66. The lowest BCUT2D eigenvalue weighted by Gasteiger charge is -2.12. The number of benzene rings is 2. The minimum Gasteiger partial charge on any atom is -0.493 e. The van der Waals surface area contributed by atoms with Crippen LogP contribution in [0.4, 0.5) is 0 Å². The average Bonchev–Trinajstić information content (AvgIpc) is 2.79. The van der Waals surface area contributed by atoms with E-state index in [2.05, 4.69) is 10.3 Å². The topological polar surface area (TPSA) is 86.8 Å². The number of carbonyl (C=O) groups excluding carboxylic acids is 2. The van der Waals surface area contributed by atoms with Crippen molar-refractivity contribution in [2.24, 2.45) is 5.92 Å². The lowest BCUT2D eigenvalue weighted by atomic mass is 10.0. The maximum atomic E-state index is 12.8. The van der Waals surface area contributed by atoms with Crippen LogP contribution < -0.4 is 14.8 Å². The van der Waals surface area contributed by atoms with Crippen LogP contribution in [-0.2, 0) is 9.53 Å². The summed E-state index contributed by atoms with van der Waals surface area (Å²) in [7, 11) is 3.12. The van der Waals surface area contributed by atoms with Crippen molar-refractivity contribution in [1.82, 2.24) is 10.3 Å². The van der Waals surface area contributed by atoms with Gasteiger partial charge in [-0.15, -0.1) is 0 Å². The zero-order valence-electron chi connectivity index (χ0n) is 18.1. The highest BCUT2D eigenvalue weighted by Crippen LogP contribution is 2.33. The Bertz CT molecular complexity index is 1090. The number of nitrogens with zero attached hydrogens (tertiary/aromatic N) is 1. The Balaban J connectivity index is 1.93. The van der Waals surface area contributed by atoms with Gasteiger partial charge in [-0.2, -0.15) is 0 Å². The van der Waals surface area contributed by atoms with E-state index in [9.17, 15) is 9.59 Å². The van der Waals surface area contributed by atoms with Crippen LogP contribution in [-0.4, -0.2) is 44.2 Å². The summed E-state index contributed by atoms with van der Waals surface area (Å²) in [6.07, 6.45) is 0. The predicted molar refractivity (Wildman–Crippen MR) is 118 cm³/mol. The van der Waals surface area contributed by atoms with Gasteiger partial charge in [0, 0.05) is 17.5 Å². The third kappa shape index (κ3) is 5.31. The van der Waals surface area contributed by atoms with Crippen molar-refractivity contribution < 1.29 is 23.8 Å². The molecule has 0 atom stereocenters. The number of fused-ring (bicyclic) bond motifs is 1. The second-order valence-electron chi connectivity index (χ2n) is 7.42. The highest BCUT2D eigenvalue weighted by molar-refractivity contribution is 6.05. The van der Waals surface area contributed by atoms with Crippen LogP contribution in [0.2, 0.25) is 0 Å². The van der Waals surface area contributed by atoms with E-state index < -0.39 is 5.97 Å². The number of esters is 1. The van der Waals surface area contributed by atoms with Gasteiger partial charge in [0.1, 0.15) is 0 Å². The van der Waals surface area contributed by atoms with E-state index in [0.29, 0.717) is 46.1 Å². The maximum Gasteiger partial charge on any atom is 0.339 e. The minimum atomic E-state index is -0.583. The molecule has 7 nitrogen and oxygen atoms in total. The number of pyridine rings is 1. The van der Waals surface area contributed by atoms with E-state index in [1.165, 1.54) is 0 Å². The van der Waals surface area contributed by atoms with Crippen molar-refractivity contribution in [2.75, 3.05) is 27.4 Å². The fourth-order valence-corrected chi connectivity index (χ4v) is 3.07. The van der Waals surface area contributed by atoms with Gasteiger partial charge < -0.3 is 19.5 Å². The molecule has 7 heteroatoms. The average molecular weight is 422 g/mol. The van der Waals surface area contributed by atoms with Crippen molar-refractivity contribution >= 4 is 22.8 Å². The van der Waals surface area contributed by atoms with Crippen molar-refractivity contribution in [3.63, 3.8) is 0 Å². The minimum absolute atomic E-state index is 0.313. The number of carbonyl (C=O) groups is 2. The molecule has 2 aromatic carbocycles. The third-order valence-electron chi connectivity index (χ3n) is 4.66. The highest BCUT2D eigenvalue weighted by Gasteiger charge is 2.17. The van der Waals surface area contributed by atoms with Gasteiger partial charge in [-0.05, 0) is 36.2 Å². The van der Waals surface area contributed by atoms with Gasteiger partial charge in [0.2, 0.25) is 0 Å². The molecule has 0 saturated carbocycles.